The Morgan fingerprint density at radius 2 is 2.11 bits per heavy atom. The molecule has 1 aromatic carbocycles. The molecular weight excluding hydrogens is 378 g/mol. The van der Waals surface area contributed by atoms with E-state index in [0.717, 1.165) is 20.3 Å². The summed E-state index contributed by atoms with van der Waals surface area (Å²) in [5.41, 5.74) is 6.96. The maximum atomic E-state index is 5.94. The van der Waals surface area contributed by atoms with Crippen LogP contribution in [-0.2, 0) is 6.61 Å². The van der Waals surface area contributed by atoms with Gasteiger partial charge in [-0.3, -0.25) is 0 Å². The monoisotopic (exact) mass is 389 g/mol. The molecule has 0 aliphatic rings. The van der Waals surface area contributed by atoms with Crippen molar-refractivity contribution in [1.82, 2.24) is 0 Å². The van der Waals surface area contributed by atoms with E-state index in [2.05, 4.69) is 31.9 Å². The predicted octanol–water partition coefficient (Wildman–Crippen LogP) is 4.87. The normalized spacial score (nSPS) is 12.4. The number of benzene rings is 1. The molecule has 2 rings (SSSR count). The summed E-state index contributed by atoms with van der Waals surface area (Å²) < 4.78 is 7.96. The number of ether oxygens (including phenoxy) is 1. The molecule has 0 saturated carbocycles. The van der Waals surface area contributed by atoms with Crippen molar-refractivity contribution in [2.24, 2.45) is 5.73 Å². The smallest absolute Gasteiger partial charge is 0.125 e. The molecule has 96 valence electrons. The van der Waals surface area contributed by atoms with Gasteiger partial charge in [0.1, 0.15) is 12.4 Å². The second-order valence-corrected chi connectivity index (χ2v) is 6.72. The van der Waals surface area contributed by atoms with E-state index in [9.17, 15) is 0 Å². The third-order valence-corrected chi connectivity index (χ3v) is 4.91. The molecular formula is C13H13Br2NOS. The van der Waals surface area contributed by atoms with Crippen LogP contribution in [0.3, 0.4) is 0 Å². The Morgan fingerprint density at radius 3 is 2.72 bits per heavy atom. The Labute approximate surface area is 127 Å². The third-order valence-electron chi connectivity index (χ3n) is 2.52. The standard InChI is InChI=1S/C13H13Br2NOS/c1-8(16)10-3-2-9(14)6-12(10)17-7-13-11(15)4-5-18-13/h2-6,8H,7,16H2,1H3/t8-/m1/s1. The van der Waals surface area contributed by atoms with Crippen molar-refractivity contribution < 1.29 is 4.74 Å². The quantitative estimate of drug-likeness (QED) is 0.807. The molecule has 2 nitrogen and oxygen atoms in total. The average molecular weight is 391 g/mol. The van der Waals surface area contributed by atoms with Gasteiger partial charge in [0.15, 0.2) is 0 Å². The summed E-state index contributed by atoms with van der Waals surface area (Å²) >= 11 is 8.62. The molecule has 0 fully saturated rings. The van der Waals surface area contributed by atoms with Crippen molar-refractivity contribution in [3.05, 3.63) is 49.0 Å². The zero-order valence-electron chi connectivity index (χ0n) is 9.82. The van der Waals surface area contributed by atoms with Crippen LogP contribution in [0.25, 0.3) is 0 Å². The molecule has 0 spiro atoms. The van der Waals surface area contributed by atoms with Gasteiger partial charge in [-0.25, -0.2) is 0 Å². The van der Waals surface area contributed by atoms with Gasteiger partial charge in [0.05, 0.1) is 4.88 Å². The average Bonchev–Trinajstić information content (AvgIpc) is 2.72. The lowest BCUT2D eigenvalue weighted by atomic mass is 10.1. The molecule has 1 atom stereocenters. The summed E-state index contributed by atoms with van der Waals surface area (Å²) in [5, 5.41) is 2.04. The van der Waals surface area contributed by atoms with E-state index in [0.29, 0.717) is 6.61 Å². The van der Waals surface area contributed by atoms with Crippen molar-refractivity contribution in [3.8, 4) is 5.75 Å². The van der Waals surface area contributed by atoms with E-state index in [4.69, 9.17) is 10.5 Å². The molecule has 0 unspecified atom stereocenters. The first-order chi connectivity index (χ1) is 8.58. The number of thiophene rings is 1. The van der Waals surface area contributed by atoms with Crippen LogP contribution >= 0.6 is 43.2 Å². The fourth-order valence-electron chi connectivity index (χ4n) is 1.58. The van der Waals surface area contributed by atoms with Crippen LogP contribution in [0.15, 0.2) is 38.6 Å². The lowest BCUT2D eigenvalue weighted by molar-refractivity contribution is 0.304. The molecule has 0 amide bonds. The first-order valence-electron chi connectivity index (χ1n) is 5.47. The molecule has 2 N–H and O–H groups in total. The van der Waals surface area contributed by atoms with Crippen LogP contribution in [-0.4, -0.2) is 0 Å². The first-order valence-corrected chi connectivity index (χ1v) is 7.94. The first kappa shape index (κ1) is 14.1. The number of nitrogens with two attached hydrogens (primary N) is 1. The Bertz CT molecular complexity index is 540. The van der Waals surface area contributed by atoms with Crippen LogP contribution in [0.2, 0.25) is 0 Å². The van der Waals surface area contributed by atoms with Gasteiger partial charge < -0.3 is 10.5 Å². The minimum absolute atomic E-state index is 0.0418. The summed E-state index contributed by atoms with van der Waals surface area (Å²) in [5.74, 6) is 0.833. The zero-order valence-corrected chi connectivity index (χ0v) is 13.8. The lowest BCUT2D eigenvalue weighted by Crippen LogP contribution is -2.08. The van der Waals surface area contributed by atoms with E-state index >= 15 is 0 Å². The number of rotatable bonds is 4. The highest BCUT2D eigenvalue weighted by Crippen LogP contribution is 2.30. The van der Waals surface area contributed by atoms with Crippen molar-refractivity contribution in [3.63, 3.8) is 0 Å². The van der Waals surface area contributed by atoms with E-state index < -0.39 is 0 Å². The highest BCUT2D eigenvalue weighted by molar-refractivity contribution is 9.10. The molecule has 0 bridgehead atoms. The van der Waals surface area contributed by atoms with Gasteiger partial charge in [0, 0.05) is 20.6 Å². The van der Waals surface area contributed by atoms with Gasteiger partial charge in [-0.05, 0) is 46.4 Å². The maximum absolute atomic E-state index is 5.94. The fraction of sp³-hybridized carbons (Fsp3) is 0.231. The predicted molar refractivity (Wildman–Crippen MR) is 83.1 cm³/mol. The molecule has 0 radical (unpaired) electrons. The Morgan fingerprint density at radius 1 is 1.33 bits per heavy atom. The molecule has 1 aromatic heterocycles. The van der Waals surface area contributed by atoms with Crippen LogP contribution in [0.5, 0.6) is 5.75 Å². The summed E-state index contributed by atoms with van der Waals surface area (Å²) in [6.07, 6.45) is 0. The molecule has 0 aliphatic heterocycles. The molecule has 2 aromatic rings. The van der Waals surface area contributed by atoms with Gasteiger partial charge in [-0.2, -0.15) is 0 Å². The highest BCUT2D eigenvalue weighted by Gasteiger charge is 2.10. The Hall–Kier alpha value is -0.360. The van der Waals surface area contributed by atoms with Crippen molar-refractivity contribution >= 4 is 43.2 Å². The second-order valence-electron chi connectivity index (χ2n) is 3.95. The summed E-state index contributed by atoms with van der Waals surface area (Å²) in [7, 11) is 0. The third kappa shape index (κ3) is 3.35. The van der Waals surface area contributed by atoms with Gasteiger partial charge in [-0.1, -0.05) is 22.0 Å². The lowest BCUT2D eigenvalue weighted by Gasteiger charge is -2.14. The van der Waals surface area contributed by atoms with Crippen LogP contribution in [0, 0.1) is 0 Å². The molecule has 0 saturated heterocycles. The SMILES string of the molecule is C[C@@H](N)c1ccc(Br)cc1OCc1sccc1Br. The molecule has 1 heterocycles. The van der Waals surface area contributed by atoms with Gasteiger partial charge in [0.25, 0.3) is 0 Å². The summed E-state index contributed by atoms with van der Waals surface area (Å²) in [4.78, 5) is 1.17. The molecule has 5 heteroatoms. The highest BCUT2D eigenvalue weighted by atomic mass is 79.9. The van der Waals surface area contributed by atoms with E-state index in [1.54, 1.807) is 11.3 Å². The number of hydrogen-bond donors (Lipinski definition) is 1. The molecule has 0 aliphatic carbocycles. The number of hydrogen-bond acceptors (Lipinski definition) is 3. The summed E-state index contributed by atoms with van der Waals surface area (Å²) in [6, 6.07) is 7.91. The van der Waals surface area contributed by atoms with E-state index in [1.807, 2.05) is 36.6 Å². The summed E-state index contributed by atoms with van der Waals surface area (Å²) in [6.45, 7) is 2.51. The Balaban J connectivity index is 2.18. The van der Waals surface area contributed by atoms with Crippen LogP contribution < -0.4 is 10.5 Å². The van der Waals surface area contributed by atoms with Crippen molar-refractivity contribution in [2.45, 2.75) is 19.6 Å². The van der Waals surface area contributed by atoms with E-state index in [-0.39, 0.29) is 6.04 Å². The topological polar surface area (TPSA) is 35.2 Å². The minimum atomic E-state index is -0.0418. The Kier molecular flexibility index (Phi) is 4.84. The number of halogens is 2. The second kappa shape index (κ2) is 6.19. The maximum Gasteiger partial charge on any atom is 0.125 e. The fourth-order valence-corrected chi connectivity index (χ4v) is 3.30. The van der Waals surface area contributed by atoms with E-state index in [1.165, 1.54) is 4.88 Å². The van der Waals surface area contributed by atoms with Crippen molar-refractivity contribution in [2.75, 3.05) is 0 Å². The van der Waals surface area contributed by atoms with Gasteiger partial charge in [0.2, 0.25) is 0 Å². The zero-order chi connectivity index (χ0) is 13.1. The van der Waals surface area contributed by atoms with Crippen molar-refractivity contribution in [1.29, 1.82) is 0 Å². The molecule has 18 heavy (non-hydrogen) atoms. The van der Waals surface area contributed by atoms with Crippen LogP contribution in [0.1, 0.15) is 23.4 Å². The minimum Gasteiger partial charge on any atom is -0.488 e. The van der Waals surface area contributed by atoms with Gasteiger partial charge >= 0.3 is 0 Å². The largest absolute Gasteiger partial charge is 0.488 e. The van der Waals surface area contributed by atoms with Gasteiger partial charge in [-0.15, -0.1) is 11.3 Å². The van der Waals surface area contributed by atoms with Crippen LogP contribution in [0.4, 0.5) is 0 Å².